The molecule has 24 heavy (non-hydrogen) atoms. The second-order valence-electron chi connectivity index (χ2n) is 7.43. The Morgan fingerprint density at radius 1 is 1.33 bits per heavy atom. The first-order valence-electron chi connectivity index (χ1n) is 8.34. The molecule has 122 valence electrons. The van der Waals surface area contributed by atoms with Crippen molar-refractivity contribution in [3.8, 4) is 22.9 Å². The van der Waals surface area contributed by atoms with Gasteiger partial charge in [-0.2, -0.15) is 5.26 Å². The van der Waals surface area contributed by atoms with E-state index in [9.17, 15) is 5.26 Å². The van der Waals surface area contributed by atoms with Gasteiger partial charge >= 0.3 is 0 Å². The lowest BCUT2D eigenvalue weighted by atomic mass is 9.48. The van der Waals surface area contributed by atoms with Gasteiger partial charge in [-0.1, -0.05) is 32.0 Å². The molecule has 2 aromatic rings. The summed E-state index contributed by atoms with van der Waals surface area (Å²) in [4.78, 5) is 4.66. The number of aromatic nitrogens is 1. The van der Waals surface area contributed by atoms with E-state index >= 15 is 0 Å². The molecule has 4 heteroatoms. The van der Waals surface area contributed by atoms with Crippen LogP contribution in [0.5, 0.6) is 5.75 Å². The number of nitrogen functional groups attached to an aromatic ring is 1. The molecule has 2 atom stereocenters. The zero-order valence-electron chi connectivity index (χ0n) is 14.3. The van der Waals surface area contributed by atoms with Crippen LogP contribution < -0.4 is 10.5 Å². The number of ether oxygens (including phenoxy) is 1. The number of para-hydroxylation sites is 1. The summed E-state index contributed by atoms with van der Waals surface area (Å²) < 4.78 is 5.54. The van der Waals surface area contributed by atoms with Crippen LogP contribution in [0.4, 0.5) is 5.82 Å². The Morgan fingerprint density at radius 3 is 2.75 bits per heavy atom. The van der Waals surface area contributed by atoms with Crippen molar-refractivity contribution in [2.45, 2.75) is 32.6 Å². The summed E-state index contributed by atoms with van der Waals surface area (Å²) in [7, 11) is 1.66. The van der Waals surface area contributed by atoms with Crippen LogP contribution in [0.2, 0.25) is 0 Å². The van der Waals surface area contributed by atoms with E-state index in [1.165, 1.54) is 12.0 Å². The Labute approximate surface area is 142 Å². The minimum atomic E-state index is 0.263. The van der Waals surface area contributed by atoms with Gasteiger partial charge in [-0.25, -0.2) is 4.98 Å². The van der Waals surface area contributed by atoms with Crippen LogP contribution in [0, 0.1) is 22.7 Å². The Balaban J connectivity index is 2.03. The second-order valence-corrected chi connectivity index (χ2v) is 7.43. The Kier molecular flexibility index (Phi) is 3.11. The van der Waals surface area contributed by atoms with E-state index in [1.807, 2.05) is 24.3 Å². The molecule has 0 unspecified atom stereocenters. The third-order valence-electron chi connectivity index (χ3n) is 6.10. The van der Waals surface area contributed by atoms with Crippen LogP contribution >= 0.6 is 0 Å². The lowest BCUT2D eigenvalue weighted by molar-refractivity contribution is 0.0158. The van der Waals surface area contributed by atoms with Gasteiger partial charge in [-0.05, 0) is 35.8 Å². The maximum absolute atomic E-state index is 9.69. The van der Waals surface area contributed by atoms with Gasteiger partial charge in [0.25, 0.3) is 0 Å². The van der Waals surface area contributed by atoms with E-state index in [4.69, 9.17) is 10.5 Å². The van der Waals surface area contributed by atoms with Crippen LogP contribution in [0.1, 0.15) is 43.0 Å². The minimum absolute atomic E-state index is 0.263. The Morgan fingerprint density at radius 2 is 2.08 bits per heavy atom. The molecule has 0 spiro atoms. The lowest BCUT2D eigenvalue weighted by Gasteiger charge is -2.56. The van der Waals surface area contributed by atoms with Gasteiger partial charge in [0.1, 0.15) is 23.2 Å². The van der Waals surface area contributed by atoms with E-state index in [0.717, 1.165) is 29.0 Å². The van der Waals surface area contributed by atoms with Crippen molar-refractivity contribution in [3.05, 3.63) is 41.1 Å². The number of hydrogen-bond acceptors (Lipinski definition) is 4. The van der Waals surface area contributed by atoms with E-state index in [0.29, 0.717) is 23.2 Å². The third-order valence-corrected chi connectivity index (χ3v) is 6.10. The van der Waals surface area contributed by atoms with Crippen LogP contribution in [-0.4, -0.2) is 12.1 Å². The molecule has 1 heterocycles. The average Bonchev–Trinajstić information content (AvgIpc) is 2.59. The first-order chi connectivity index (χ1) is 11.5. The Bertz CT molecular complexity index is 879. The van der Waals surface area contributed by atoms with Gasteiger partial charge in [0.05, 0.1) is 12.8 Å². The highest BCUT2D eigenvalue weighted by atomic mass is 16.5. The fourth-order valence-electron chi connectivity index (χ4n) is 4.49. The predicted molar refractivity (Wildman–Crippen MR) is 93.7 cm³/mol. The number of methoxy groups -OCH3 is 1. The van der Waals surface area contributed by atoms with Crippen LogP contribution in [0.25, 0.3) is 11.1 Å². The molecule has 0 radical (unpaired) electrons. The minimum Gasteiger partial charge on any atom is -0.496 e. The number of anilines is 1. The molecule has 1 aromatic carbocycles. The van der Waals surface area contributed by atoms with E-state index in [2.05, 4.69) is 24.9 Å². The summed E-state index contributed by atoms with van der Waals surface area (Å²) in [6.07, 6.45) is 2.12. The molecule has 3 aliphatic rings. The maximum atomic E-state index is 9.69. The maximum Gasteiger partial charge on any atom is 0.142 e. The van der Waals surface area contributed by atoms with Gasteiger partial charge in [-0.15, -0.1) is 0 Å². The summed E-state index contributed by atoms with van der Waals surface area (Å²) in [5.74, 6) is 2.16. The molecular formula is C20H21N3O. The summed E-state index contributed by atoms with van der Waals surface area (Å²) >= 11 is 0. The van der Waals surface area contributed by atoms with Crippen molar-refractivity contribution >= 4 is 5.82 Å². The summed E-state index contributed by atoms with van der Waals surface area (Å²) in [5, 5.41) is 9.69. The fraction of sp³-hybridized carbons (Fsp3) is 0.400. The summed E-state index contributed by atoms with van der Waals surface area (Å²) in [5.41, 5.74) is 11.0. The number of hydrogen-bond donors (Lipinski definition) is 1. The second kappa shape index (κ2) is 4.98. The van der Waals surface area contributed by atoms with Crippen molar-refractivity contribution < 1.29 is 4.74 Å². The molecule has 3 aliphatic carbocycles. The van der Waals surface area contributed by atoms with Crippen molar-refractivity contribution in [1.29, 1.82) is 5.26 Å². The zero-order chi connectivity index (χ0) is 17.1. The van der Waals surface area contributed by atoms with E-state index < -0.39 is 0 Å². The Hall–Kier alpha value is -2.54. The molecule has 2 bridgehead atoms. The van der Waals surface area contributed by atoms with Crippen molar-refractivity contribution in [1.82, 2.24) is 4.98 Å². The number of rotatable bonds is 2. The van der Waals surface area contributed by atoms with Gasteiger partial charge in [-0.3, -0.25) is 0 Å². The fourth-order valence-corrected chi connectivity index (χ4v) is 4.49. The quantitative estimate of drug-likeness (QED) is 0.911. The number of pyridine rings is 1. The van der Waals surface area contributed by atoms with Crippen LogP contribution in [0.15, 0.2) is 24.3 Å². The number of benzene rings is 1. The molecule has 0 amide bonds. The third kappa shape index (κ3) is 1.81. The molecule has 1 fully saturated rings. The van der Waals surface area contributed by atoms with Gasteiger partial charge in [0.2, 0.25) is 0 Å². The number of nitriles is 1. The molecule has 0 saturated heterocycles. The summed E-state index contributed by atoms with van der Waals surface area (Å²) in [6.45, 7) is 4.63. The topological polar surface area (TPSA) is 71.9 Å². The monoisotopic (exact) mass is 319 g/mol. The van der Waals surface area contributed by atoms with Crippen molar-refractivity contribution in [2.24, 2.45) is 11.3 Å². The molecule has 1 saturated carbocycles. The number of nitrogens with two attached hydrogens (primary N) is 1. The smallest absolute Gasteiger partial charge is 0.142 e. The number of nitrogens with zero attached hydrogens (tertiary/aromatic N) is 2. The molecule has 0 aliphatic heterocycles. The van der Waals surface area contributed by atoms with E-state index in [-0.39, 0.29) is 5.41 Å². The average molecular weight is 319 g/mol. The van der Waals surface area contributed by atoms with Crippen molar-refractivity contribution in [2.75, 3.05) is 12.8 Å². The highest BCUT2D eigenvalue weighted by Gasteiger charge is 2.54. The molecule has 4 nitrogen and oxygen atoms in total. The first-order valence-corrected chi connectivity index (χ1v) is 8.34. The normalized spacial score (nSPS) is 22.9. The standard InChI is InChI=1S/C20H21N3O/c1-20(2)11-8-13-17(12-6-4-5-7-16(12)24-3)14(10-21)19(22)23-18(13)15(20)9-11/h4-7,11,15H,8-9H2,1-3H3,(H2,22,23)/t11-,15-/m0/s1. The van der Waals surface area contributed by atoms with E-state index in [1.54, 1.807) is 7.11 Å². The van der Waals surface area contributed by atoms with Gasteiger partial charge in [0, 0.05) is 17.0 Å². The van der Waals surface area contributed by atoms with Crippen LogP contribution in [-0.2, 0) is 6.42 Å². The molecule has 5 rings (SSSR count). The van der Waals surface area contributed by atoms with Gasteiger partial charge in [0.15, 0.2) is 0 Å². The summed E-state index contributed by atoms with van der Waals surface area (Å²) in [6, 6.07) is 10.1. The molecule has 1 aromatic heterocycles. The van der Waals surface area contributed by atoms with Gasteiger partial charge < -0.3 is 10.5 Å². The zero-order valence-corrected chi connectivity index (χ0v) is 14.3. The van der Waals surface area contributed by atoms with Crippen LogP contribution in [0.3, 0.4) is 0 Å². The highest BCUT2D eigenvalue weighted by Crippen LogP contribution is 2.63. The predicted octanol–water partition coefficient (Wildman–Crippen LogP) is 3.90. The highest BCUT2D eigenvalue weighted by molar-refractivity contribution is 5.83. The largest absolute Gasteiger partial charge is 0.496 e. The van der Waals surface area contributed by atoms with Crippen molar-refractivity contribution in [3.63, 3.8) is 0 Å². The lowest BCUT2D eigenvalue weighted by Crippen LogP contribution is -2.48. The SMILES string of the molecule is COc1ccccc1-c1c(C#N)c(N)nc2c1C[C@H]1C[C@@H]2C1(C)C. The molecule has 2 N–H and O–H groups in total. The molecular weight excluding hydrogens is 298 g/mol. The first kappa shape index (κ1) is 15.0.